The fourth-order valence-electron chi connectivity index (χ4n) is 3.44. The standard InChI is InChI=1S/C18H37N5S/c1-5-19-18(20-13-16-7-6-12-24-16)21-14-17(15(2)3)23-10-8-22(4)9-11-23/h15-17H,5-14H2,1-4H3,(H2,19,20,21). The topological polar surface area (TPSA) is 42.9 Å². The molecule has 0 aromatic rings. The van der Waals surface area contributed by atoms with Gasteiger partial charge in [-0.3, -0.25) is 9.89 Å². The predicted octanol–water partition coefficient (Wildman–Crippen LogP) is 1.71. The van der Waals surface area contributed by atoms with Crippen LogP contribution in [-0.2, 0) is 0 Å². The molecule has 0 aromatic carbocycles. The molecule has 0 spiro atoms. The normalized spacial score (nSPS) is 25.2. The van der Waals surface area contributed by atoms with Gasteiger partial charge in [0.05, 0.1) is 6.54 Å². The molecule has 2 rings (SSSR count). The third-order valence-corrected chi connectivity index (χ3v) is 6.48. The number of nitrogens with one attached hydrogen (secondary N) is 2. The van der Waals surface area contributed by atoms with E-state index in [1.54, 1.807) is 0 Å². The summed E-state index contributed by atoms with van der Waals surface area (Å²) in [4.78, 5) is 9.97. The second-order valence-electron chi connectivity index (χ2n) is 7.39. The Bertz CT molecular complexity index is 374. The molecule has 2 unspecified atom stereocenters. The van der Waals surface area contributed by atoms with Crippen molar-refractivity contribution in [1.29, 1.82) is 0 Å². The molecule has 24 heavy (non-hydrogen) atoms. The minimum Gasteiger partial charge on any atom is -0.357 e. The summed E-state index contributed by atoms with van der Waals surface area (Å²) in [6, 6.07) is 0.537. The molecule has 2 heterocycles. The van der Waals surface area contributed by atoms with Crippen LogP contribution in [0.25, 0.3) is 0 Å². The molecule has 140 valence electrons. The first kappa shape index (κ1) is 19.9. The van der Waals surface area contributed by atoms with Gasteiger partial charge >= 0.3 is 0 Å². The number of hydrogen-bond acceptors (Lipinski definition) is 4. The summed E-state index contributed by atoms with van der Waals surface area (Å²) >= 11 is 2.10. The Labute approximate surface area is 153 Å². The van der Waals surface area contributed by atoms with Crippen LogP contribution in [0.5, 0.6) is 0 Å². The Balaban J connectivity index is 1.87. The van der Waals surface area contributed by atoms with Crippen molar-refractivity contribution in [3.05, 3.63) is 0 Å². The average molecular weight is 356 g/mol. The Hall–Kier alpha value is -0.460. The Kier molecular flexibility index (Phi) is 8.70. The molecule has 0 bridgehead atoms. The number of hydrogen-bond donors (Lipinski definition) is 2. The summed E-state index contributed by atoms with van der Waals surface area (Å²) in [7, 11) is 2.22. The highest BCUT2D eigenvalue weighted by Crippen LogP contribution is 2.25. The van der Waals surface area contributed by atoms with Gasteiger partial charge in [0.15, 0.2) is 5.96 Å². The first-order valence-corrected chi connectivity index (χ1v) is 10.7. The van der Waals surface area contributed by atoms with Crippen LogP contribution in [0.15, 0.2) is 4.99 Å². The zero-order chi connectivity index (χ0) is 17.4. The minimum absolute atomic E-state index is 0.537. The van der Waals surface area contributed by atoms with Crippen LogP contribution >= 0.6 is 11.8 Å². The number of likely N-dealkylation sites (N-methyl/N-ethyl adjacent to an activating group) is 1. The SMILES string of the molecule is CCNC(=NCC(C(C)C)N1CCN(C)CC1)NCC1CCCS1. The molecule has 0 saturated carbocycles. The molecule has 0 radical (unpaired) electrons. The number of thioether (sulfide) groups is 1. The van der Waals surface area contributed by atoms with E-state index in [0.717, 1.165) is 43.9 Å². The molecular weight excluding hydrogens is 318 g/mol. The maximum absolute atomic E-state index is 4.92. The molecule has 2 aliphatic rings. The number of nitrogens with zero attached hydrogens (tertiary/aromatic N) is 3. The lowest BCUT2D eigenvalue weighted by molar-refractivity contribution is 0.0925. The summed E-state index contributed by atoms with van der Waals surface area (Å²) in [6.45, 7) is 14.3. The van der Waals surface area contributed by atoms with Gasteiger partial charge in [0, 0.05) is 50.6 Å². The minimum atomic E-state index is 0.537. The summed E-state index contributed by atoms with van der Waals surface area (Å²) in [5.41, 5.74) is 0. The van der Waals surface area contributed by atoms with Crippen LogP contribution in [0.3, 0.4) is 0 Å². The highest BCUT2D eigenvalue weighted by Gasteiger charge is 2.25. The highest BCUT2D eigenvalue weighted by molar-refractivity contribution is 8.00. The van der Waals surface area contributed by atoms with Crippen LogP contribution in [0, 0.1) is 5.92 Å². The summed E-state index contributed by atoms with van der Waals surface area (Å²) in [5.74, 6) is 2.94. The van der Waals surface area contributed by atoms with Gasteiger partial charge in [0.1, 0.15) is 0 Å². The predicted molar refractivity (Wildman–Crippen MR) is 107 cm³/mol. The number of piperazine rings is 1. The fraction of sp³-hybridized carbons (Fsp3) is 0.944. The molecule has 0 aliphatic carbocycles. The molecule has 2 aliphatic heterocycles. The van der Waals surface area contributed by atoms with Crippen molar-refractivity contribution < 1.29 is 0 Å². The van der Waals surface area contributed by atoms with Gasteiger partial charge in [0.2, 0.25) is 0 Å². The van der Waals surface area contributed by atoms with Gasteiger partial charge in [-0.25, -0.2) is 0 Å². The third-order valence-electron chi connectivity index (χ3n) is 5.08. The summed E-state index contributed by atoms with van der Waals surface area (Å²) < 4.78 is 0. The van der Waals surface area contributed by atoms with E-state index in [1.165, 1.54) is 31.7 Å². The molecule has 2 atom stereocenters. The van der Waals surface area contributed by atoms with E-state index in [4.69, 9.17) is 4.99 Å². The van der Waals surface area contributed by atoms with Crippen molar-refractivity contribution in [3.8, 4) is 0 Å². The molecule has 2 saturated heterocycles. The van der Waals surface area contributed by atoms with E-state index in [2.05, 4.69) is 60.0 Å². The van der Waals surface area contributed by atoms with E-state index in [-0.39, 0.29) is 0 Å². The van der Waals surface area contributed by atoms with Gasteiger partial charge in [0.25, 0.3) is 0 Å². The van der Waals surface area contributed by atoms with Crippen LogP contribution in [0.2, 0.25) is 0 Å². The second kappa shape index (κ2) is 10.5. The van der Waals surface area contributed by atoms with Crippen molar-refractivity contribution in [1.82, 2.24) is 20.4 Å². The smallest absolute Gasteiger partial charge is 0.191 e. The largest absolute Gasteiger partial charge is 0.357 e. The third kappa shape index (κ3) is 6.45. The molecular formula is C18H37N5S. The Morgan fingerprint density at radius 3 is 2.54 bits per heavy atom. The van der Waals surface area contributed by atoms with Crippen LogP contribution < -0.4 is 10.6 Å². The van der Waals surface area contributed by atoms with E-state index in [0.29, 0.717) is 12.0 Å². The van der Waals surface area contributed by atoms with Crippen molar-refractivity contribution in [2.24, 2.45) is 10.9 Å². The number of rotatable bonds is 7. The monoisotopic (exact) mass is 355 g/mol. The van der Waals surface area contributed by atoms with Gasteiger partial charge in [-0.05, 0) is 38.5 Å². The lowest BCUT2D eigenvalue weighted by Gasteiger charge is -2.39. The second-order valence-corrected chi connectivity index (χ2v) is 8.79. The zero-order valence-corrected chi connectivity index (χ0v) is 16.9. The summed E-state index contributed by atoms with van der Waals surface area (Å²) in [6.07, 6.45) is 2.70. The Morgan fingerprint density at radius 1 is 1.21 bits per heavy atom. The van der Waals surface area contributed by atoms with E-state index >= 15 is 0 Å². The molecule has 0 aromatic heterocycles. The first-order chi connectivity index (χ1) is 11.6. The van der Waals surface area contributed by atoms with Gasteiger partial charge in [-0.1, -0.05) is 13.8 Å². The van der Waals surface area contributed by atoms with Gasteiger partial charge in [-0.15, -0.1) is 0 Å². The van der Waals surface area contributed by atoms with Crippen molar-refractivity contribution in [2.45, 2.75) is 44.9 Å². The number of guanidine groups is 1. The molecule has 2 N–H and O–H groups in total. The van der Waals surface area contributed by atoms with Crippen molar-refractivity contribution in [2.75, 3.05) is 58.6 Å². The first-order valence-electron chi connectivity index (χ1n) is 9.66. The van der Waals surface area contributed by atoms with Crippen LogP contribution in [-0.4, -0.2) is 85.7 Å². The van der Waals surface area contributed by atoms with E-state index in [9.17, 15) is 0 Å². The van der Waals surface area contributed by atoms with E-state index < -0.39 is 0 Å². The van der Waals surface area contributed by atoms with Crippen LogP contribution in [0.1, 0.15) is 33.6 Å². The van der Waals surface area contributed by atoms with Crippen molar-refractivity contribution >= 4 is 17.7 Å². The molecule has 0 amide bonds. The van der Waals surface area contributed by atoms with E-state index in [1.807, 2.05) is 0 Å². The average Bonchev–Trinajstić information content (AvgIpc) is 3.07. The lowest BCUT2D eigenvalue weighted by Crippen LogP contribution is -2.52. The molecule has 6 heteroatoms. The Morgan fingerprint density at radius 2 is 1.96 bits per heavy atom. The number of aliphatic imine (C=N–C) groups is 1. The summed E-state index contributed by atoms with van der Waals surface area (Å²) in [5, 5.41) is 7.73. The fourth-order valence-corrected chi connectivity index (χ4v) is 4.65. The maximum Gasteiger partial charge on any atom is 0.191 e. The van der Waals surface area contributed by atoms with Gasteiger partial charge in [-0.2, -0.15) is 11.8 Å². The van der Waals surface area contributed by atoms with Gasteiger partial charge < -0.3 is 15.5 Å². The zero-order valence-electron chi connectivity index (χ0n) is 16.1. The van der Waals surface area contributed by atoms with Crippen LogP contribution in [0.4, 0.5) is 0 Å². The van der Waals surface area contributed by atoms with Crippen molar-refractivity contribution in [3.63, 3.8) is 0 Å². The lowest BCUT2D eigenvalue weighted by atomic mass is 10.0. The maximum atomic E-state index is 4.92. The molecule has 5 nitrogen and oxygen atoms in total. The highest BCUT2D eigenvalue weighted by atomic mass is 32.2. The molecule has 2 fully saturated rings. The quantitative estimate of drug-likeness (QED) is 0.538.